The Morgan fingerprint density at radius 3 is 2.11 bits per heavy atom. The van der Waals surface area contributed by atoms with Crippen LogP contribution in [0.4, 0.5) is 13.2 Å². The summed E-state index contributed by atoms with van der Waals surface area (Å²) in [6.07, 6.45) is -5.56. The number of rotatable bonds is 3. The van der Waals surface area contributed by atoms with Gasteiger partial charge in [-0.05, 0) is 0 Å². The van der Waals surface area contributed by atoms with Crippen molar-refractivity contribution in [2.24, 2.45) is 0 Å². The van der Waals surface area contributed by atoms with Crippen LogP contribution in [0.3, 0.4) is 0 Å². The summed E-state index contributed by atoms with van der Waals surface area (Å²) < 4.78 is 42.0. The Bertz CT molecular complexity index is 441. The third-order valence-corrected chi connectivity index (χ3v) is 7.37. The summed E-state index contributed by atoms with van der Waals surface area (Å²) in [5.74, 6) is 0.596. The molecule has 1 atom stereocenters. The maximum atomic E-state index is 12.5. The second-order valence-corrected chi connectivity index (χ2v) is 6.43. The topological polar surface area (TPSA) is 29.5 Å². The van der Waals surface area contributed by atoms with Gasteiger partial charge in [-0.2, -0.15) is 0 Å². The van der Waals surface area contributed by atoms with Crippen LogP contribution in [0.1, 0.15) is 11.7 Å². The van der Waals surface area contributed by atoms with E-state index in [1.165, 1.54) is 7.11 Å². The van der Waals surface area contributed by atoms with Crippen molar-refractivity contribution in [1.29, 1.82) is 0 Å². The van der Waals surface area contributed by atoms with Gasteiger partial charge in [0.2, 0.25) is 0 Å². The molecule has 4 radical (unpaired) electrons. The Morgan fingerprint density at radius 1 is 1.22 bits per heavy atom. The van der Waals surface area contributed by atoms with E-state index >= 15 is 0 Å². The zero-order valence-electron chi connectivity index (χ0n) is 9.38. The van der Waals surface area contributed by atoms with E-state index in [0.717, 1.165) is 0 Å². The van der Waals surface area contributed by atoms with Gasteiger partial charge in [0.05, 0.1) is 0 Å². The molecule has 0 aliphatic rings. The maximum absolute atomic E-state index is 12.5. The van der Waals surface area contributed by atoms with Gasteiger partial charge < -0.3 is 0 Å². The first-order chi connectivity index (χ1) is 8.27. The summed E-state index contributed by atoms with van der Waals surface area (Å²) in [6.45, 7) is 0. The van der Waals surface area contributed by atoms with Crippen LogP contribution in [0.25, 0.3) is 0 Å². The minimum atomic E-state index is -4.36. The Morgan fingerprint density at radius 2 is 1.72 bits per heavy atom. The van der Waals surface area contributed by atoms with Crippen molar-refractivity contribution >= 4 is 45.0 Å². The molecule has 0 fully saturated rings. The van der Waals surface area contributed by atoms with E-state index in [-0.39, 0.29) is 26.1 Å². The van der Waals surface area contributed by atoms with Gasteiger partial charge >= 0.3 is 130 Å². The molecular formula is C11H9F3O2Sn2+2. The molecule has 1 rings (SSSR count). The van der Waals surface area contributed by atoms with Crippen LogP contribution < -0.4 is 4.74 Å². The van der Waals surface area contributed by atoms with Gasteiger partial charge in [-0.3, -0.25) is 0 Å². The number of benzene rings is 1. The Balaban J connectivity index is 3.02. The summed E-state index contributed by atoms with van der Waals surface area (Å²) in [5.41, 5.74) is 0.437. The number of allylic oxidation sites excluding steroid dienone is 1. The zero-order chi connectivity index (χ0) is 13.9. The molecule has 0 heterocycles. The van der Waals surface area contributed by atoms with Gasteiger partial charge in [0.15, 0.2) is 0 Å². The molecule has 1 aromatic rings. The zero-order valence-corrected chi connectivity index (χ0v) is 15.1. The first-order valence-corrected chi connectivity index (χ1v) is 7.69. The first kappa shape index (κ1) is 16.2. The molecule has 0 bridgehead atoms. The molecule has 2 nitrogen and oxygen atoms in total. The normalized spacial score (nSPS) is 14.9. The predicted molar refractivity (Wildman–Crippen MR) is 62.5 cm³/mol. The molecule has 0 aromatic heterocycles. The van der Waals surface area contributed by atoms with E-state index in [4.69, 9.17) is 4.74 Å². The molecule has 1 unspecified atom stereocenters. The average Bonchev–Trinajstić information content (AvgIpc) is 2.35. The number of aliphatic hydroxyl groups is 1. The van der Waals surface area contributed by atoms with E-state index < -0.39 is 15.9 Å². The Hall–Kier alpha value is 0.107. The van der Waals surface area contributed by atoms with Crippen LogP contribution >= 0.6 is 0 Å². The summed E-state index contributed by atoms with van der Waals surface area (Å²) in [6, 6.07) is 6.34. The standard InChI is InChI=1S/C11H9F3O2.2Sn/c1-16-9-4-2-8(3-5-9)10(15)6-7-11(12,13)14;;/h2-5,10,15H,1H3;;/q;2*+1. The van der Waals surface area contributed by atoms with Gasteiger partial charge in [-0.1, -0.05) is 0 Å². The van der Waals surface area contributed by atoms with Gasteiger partial charge in [0, 0.05) is 0 Å². The van der Waals surface area contributed by atoms with E-state index in [2.05, 4.69) is 0 Å². The fourth-order valence-electron chi connectivity index (χ4n) is 1.24. The van der Waals surface area contributed by atoms with Gasteiger partial charge in [-0.25, -0.2) is 0 Å². The second kappa shape index (κ2) is 6.51. The number of aliphatic hydroxyl groups excluding tert-OH is 1. The van der Waals surface area contributed by atoms with Crippen molar-refractivity contribution < 1.29 is 23.0 Å². The number of alkyl halides is 3. The molecule has 0 saturated heterocycles. The van der Waals surface area contributed by atoms with Crippen molar-refractivity contribution in [3.63, 3.8) is 0 Å². The van der Waals surface area contributed by atoms with E-state index in [1.807, 2.05) is 0 Å². The molecular weight excluding hydrogens is 459 g/mol. The summed E-state index contributed by atoms with van der Waals surface area (Å²) >= 11 is 0.832. The van der Waals surface area contributed by atoms with Crippen LogP contribution in [0, 0.1) is 0 Å². The number of halogens is 3. The Kier molecular flexibility index (Phi) is 5.85. The van der Waals surface area contributed by atoms with Gasteiger partial charge in [-0.15, -0.1) is 0 Å². The number of ether oxygens (including phenoxy) is 1. The molecule has 1 aromatic carbocycles. The van der Waals surface area contributed by atoms with Crippen LogP contribution in [0.15, 0.2) is 31.4 Å². The SMILES string of the molecule is COc1ccc(C(O)/[C]([Sn+])=[C](/[Sn+])C(F)(F)F)cc1. The summed E-state index contributed by atoms with van der Waals surface area (Å²) in [4.78, 5) is 0. The third kappa shape index (κ3) is 4.06. The Labute approximate surface area is 129 Å². The summed E-state index contributed by atoms with van der Waals surface area (Å²) in [7, 11) is 1.50. The monoisotopic (exact) mass is 470 g/mol. The molecule has 18 heavy (non-hydrogen) atoms. The minimum absolute atomic E-state index is 0.0260. The average molecular weight is 468 g/mol. The summed E-state index contributed by atoms with van der Waals surface area (Å²) in [5, 5.41) is 9.92. The van der Waals surface area contributed by atoms with Crippen molar-refractivity contribution in [3.8, 4) is 5.75 Å². The molecule has 7 heteroatoms. The molecule has 0 aliphatic heterocycles. The van der Waals surface area contributed by atoms with Crippen LogP contribution in [0.2, 0.25) is 0 Å². The molecule has 92 valence electrons. The number of hydrogen-bond donors (Lipinski definition) is 1. The van der Waals surface area contributed by atoms with Crippen LogP contribution in [0.5, 0.6) is 5.75 Å². The fraction of sp³-hybridized carbons (Fsp3) is 0.273. The predicted octanol–water partition coefficient (Wildman–Crippen LogP) is 1.84. The van der Waals surface area contributed by atoms with Crippen LogP contribution in [-0.2, 0) is 0 Å². The molecule has 0 aliphatic carbocycles. The molecule has 0 saturated carbocycles. The van der Waals surface area contributed by atoms with E-state index in [0.29, 0.717) is 33.8 Å². The fourth-order valence-corrected chi connectivity index (χ4v) is 2.51. The third-order valence-electron chi connectivity index (χ3n) is 2.26. The van der Waals surface area contributed by atoms with Crippen molar-refractivity contribution in [3.05, 3.63) is 37.0 Å². The van der Waals surface area contributed by atoms with E-state index in [1.54, 1.807) is 24.3 Å². The molecule has 0 spiro atoms. The first-order valence-electron chi connectivity index (χ1n) is 4.84. The quantitative estimate of drug-likeness (QED) is 0.688. The molecule has 1 N–H and O–H groups in total. The van der Waals surface area contributed by atoms with Crippen LogP contribution in [-0.4, -0.2) is 63.4 Å². The van der Waals surface area contributed by atoms with E-state index in [9.17, 15) is 18.3 Å². The second-order valence-electron chi connectivity index (χ2n) is 3.46. The van der Waals surface area contributed by atoms with Crippen molar-refractivity contribution in [1.82, 2.24) is 0 Å². The van der Waals surface area contributed by atoms with Crippen molar-refractivity contribution in [2.45, 2.75) is 12.3 Å². The molecule has 0 amide bonds. The number of hydrogen-bond acceptors (Lipinski definition) is 2. The van der Waals surface area contributed by atoms with Gasteiger partial charge in [0.1, 0.15) is 0 Å². The van der Waals surface area contributed by atoms with Gasteiger partial charge in [0.25, 0.3) is 0 Å². The van der Waals surface area contributed by atoms with Crippen molar-refractivity contribution in [2.75, 3.05) is 7.11 Å². The number of methoxy groups -OCH3 is 1.